The molecule has 4 rings (SSSR count). The number of benzene rings is 1. The van der Waals surface area contributed by atoms with Gasteiger partial charge in [0.25, 0.3) is 5.89 Å². The Kier molecular flexibility index (Phi) is 5.82. The summed E-state index contributed by atoms with van der Waals surface area (Å²) in [5.74, 6) is 1.75. The van der Waals surface area contributed by atoms with Crippen molar-refractivity contribution in [1.29, 1.82) is 0 Å². The van der Waals surface area contributed by atoms with Gasteiger partial charge in [0.15, 0.2) is 5.69 Å². The van der Waals surface area contributed by atoms with Gasteiger partial charge in [-0.2, -0.15) is 0 Å². The van der Waals surface area contributed by atoms with Crippen LogP contribution in [-0.2, 0) is 6.54 Å². The Hall–Kier alpha value is -2.84. The van der Waals surface area contributed by atoms with E-state index in [2.05, 4.69) is 49.4 Å². The van der Waals surface area contributed by atoms with Gasteiger partial charge in [-0.1, -0.05) is 19.1 Å². The summed E-state index contributed by atoms with van der Waals surface area (Å²) in [7, 11) is 1.93. The molecular formula is C21H27N7O. The molecule has 29 heavy (non-hydrogen) atoms. The fourth-order valence-electron chi connectivity index (χ4n) is 3.49. The van der Waals surface area contributed by atoms with Crippen molar-refractivity contribution in [3.63, 3.8) is 0 Å². The maximum atomic E-state index is 5.95. The third-order valence-corrected chi connectivity index (χ3v) is 5.30. The van der Waals surface area contributed by atoms with E-state index >= 15 is 0 Å². The Morgan fingerprint density at radius 3 is 2.45 bits per heavy atom. The molecule has 0 amide bonds. The second kappa shape index (κ2) is 8.67. The first kappa shape index (κ1) is 19.5. The van der Waals surface area contributed by atoms with E-state index in [4.69, 9.17) is 9.40 Å². The summed E-state index contributed by atoms with van der Waals surface area (Å²) in [6.07, 6.45) is 1.83. The Morgan fingerprint density at radius 1 is 1.03 bits per heavy atom. The minimum atomic E-state index is 0.401. The van der Waals surface area contributed by atoms with Crippen LogP contribution in [0.15, 0.2) is 34.9 Å². The average molecular weight is 393 g/mol. The van der Waals surface area contributed by atoms with Crippen LogP contribution in [0.4, 0.5) is 5.82 Å². The van der Waals surface area contributed by atoms with Crippen molar-refractivity contribution < 1.29 is 4.42 Å². The highest BCUT2D eigenvalue weighted by molar-refractivity contribution is 5.58. The van der Waals surface area contributed by atoms with Crippen molar-refractivity contribution in [3.8, 4) is 23.0 Å². The number of hydrogen-bond acceptors (Lipinski definition) is 8. The highest BCUT2D eigenvalue weighted by Crippen LogP contribution is 2.26. The van der Waals surface area contributed by atoms with Crippen molar-refractivity contribution in [2.24, 2.45) is 0 Å². The molecule has 8 heteroatoms. The Morgan fingerprint density at radius 2 is 1.76 bits per heavy atom. The number of likely N-dealkylation sites (N-methyl/N-ethyl adjacent to an activating group) is 1. The minimum Gasteiger partial charge on any atom is -0.415 e. The number of hydrogen-bond donors (Lipinski definition) is 1. The van der Waals surface area contributed by atoms with Gasteiger partial charge >= 0.3 is 0 Å². The fourth-order valence-corrected chi connectivity index (χ4v) is 3.49. The van der Waals surface area contributed by atoms with Crippen molar-refractivity contribution in [2.45, 2.75) is 20.4 Å². The van der Waals surface area contributed by atoms with E-state index in [-0.39, 0.29) is 0 Å². The molecule has 1 aliphatic rings. The number of aromatic nitrogens is 4. The van der Waals surface area contributed by atoms with Gasteiger partial charge in [-0.25, -0.2) is 4.98 Å². The summed E-state index contributed by atoms with van der Waals surface area (Å²) in [5.41, 5.74) is 3.51. The fraction of sp³-hybridized carbons (Fsp3) is 0.429. The van der Waals surface area contributed by atoms with E-state index in [0.29, 0.717) is 17.5 Å². The Labute approximate surface area is 171 Å². The van der Waals surface area contributed by atoms with E-state index in [1.165, 1.54) is 5.56 Å². The standard InChI is InChI=1S/C21H27N7O/c1-4-27-9-11-28(12-10-27)18-14-23-15(2)19(24-18)21-26-25-20(29-21)17-7-5-16(6-8-17)13-22-3/h5-8,14,22H,4,9-13H2,1-3H3. The van der Waals surface area contributed by atoms with Gasteiger partial charge in [0.2, 0.25) is 5.89 Å². The largest absolute Gasteiger partial charge is 0.415 e. The quantitative estimate of drug-likeness (QED) is 0.683. The first-order valence-electron chi connectivity index (χ1n) is 10.1. The van der Waals surface area contributed by atoms with Crippen LogP contribution in [0.25, 0.3) is 23.0 Å². The van der Waals surface area contributed by atoms with E-state index < -0.39 is 0 Å². The lowest BCUT2D eigenvalue weighted by atomic mass is 10.1. The zero-order valence-electron chi connectivity index (χ0n) is 17.2. The Balaban J connectivity index is 1.56. The lowest BCUT2D eigenvalue weighted by Gasteiger charge is -2.34. The molecule has 3 aromatic rings. The van der Waals surface area contributed by atoms with Gasteiger partial charge in [-0.15, -0.1) is 10.2 Å². The lowest BCUT2D eigenvalue weighted by molar-refractivity contribution is 0.270. The molecule has 3 heterocycles. The van der Waals surface area contributed by atoms with Crippen LogP contribution in [0.3, 0.4) is 0 Å². The van der Waals surface area contributed by atoms with Crippen molar-refractivity contribution in [1.82, 2.24) is 30.4 Å². The molecule has 0 aliphatic carbocycles. The molecule has 0 atom stereocenters. The smallest absolute Gasteiger partial charge is 0.268 e. The van der Waals surface area contributed by atoms with Crippen molar-refractivity contribution >= 4 is 5.82 Å². The summed E-state index contributed by atoms with van der Waals surface area (Å²) in [5, 5.41) is 11.6. The number of aryl methyl sites for hydroxylation is 1. The average Bonchev–Trinajstić information content (AvgIpc) is 3.25. The zero-order chi connectivity index (χ0) is 20.2. The Bertz CT molecular complexity index is 946. The van der Waals surface area contributed by atoms with E-state index in [1.54, 1.807) is 0 Å². The highest BCUT2D eigenvalue weighted by Gasteiger charge is 2.20. The summed E-state index contributed by atoms with van der Waals surface area (Å²) in [6, 6.07) is 8.09. The number of nitrogens with zero attached hydrogens (tertiary/aromatic N) is 6. The molecule has 1 fully saturated rings. The molecule has 0 unspecified atom stereocenters. The van der Waals surface area contributed by atoms with Crippen molar-refractivity contribution in [2.75, 3.05) is 44.7 Å². The van der Waals surface area contributed by atoms with Gasteiger partial charge in [0.1, 0.15) is 5.82 Å². The van der Waals surface area contributed by atoms with E-state index in [1.807, 2.05) is 32.3 Å². The predicted octanol–water partition coefficient (Wildman–Crippen LogP) is 2.36. The highest BCUT2D eigenvalue weighted by atomic mass is 16.4. The van der Waals surface area contributed by atoms with Crippen LogP contribution in [0.1, 0.15) is 18.2 Å². The maximum absolute atomic E-state index is 5.95. The van der Waals surface area contributed by atoms with Crippen LogP contribution >= 0.6 is 0 Å². The number of piperazine rings is 1. The monoisotopic (exact) mass is 393 g/mol. The van der Waals surface area contributed by atoms with Crippen molar-refractivity contribution in [3.05, 3.63) is 41.7 Å². The van der Waals surface area contributed by atoms with Crippen LogP contribution in [0.2, 0.25) is 0 Å². The third kappa shape index (κ3) is 4.28. The normalized spacial score (nSPS) is 15.1. The second-order valence-electron chi connectivity index (χ2n) is 7.22. The topological polar surface area (TPSA) is 83.2 Å². The molecule has 0 radical (unpaired) electrons. The van der Waals surface area contributed by atoms with Crippen LogP contribution in [0, 0.1) is 6.92 Å². The van der Waals surface area contributed by atoms with Crippen LogP contribution in [-0.4, -0.2) is 64.8 Å². The third-order valence-electron chi connectivity index (χ3n) is 5.30. The zero-order valence-corrected chi connectivity index (χ0v) is 17.2. The van der Waals surface area contributed by atoms with E-state index in [0.717, 1.165) is 56.3 Å². The molecule has 1 aromatic carbocycles. The molecule has 0 saturated carbocycles. The molecule has 152 valence electrons. The molecule has 1 saturated heterocycles. The van der Waals surface area contributed by atoms with Gasteiger partial charge in [-0.3, -0.25) is 4.98 Å². The van der Waals surface area contributed by atoms with Crippen LogP contribution in [0.5, 0.6) is 0 Å². The number of anilines is 1. The second-order valence-corrected chi connectivity index (χ2v) is 7.22. The SMILES string of the molecule is CCN1CCN(c2cnc(C)c(-c3nnc(-c4ccc(CNC)cc4)o3)n2)CC1. The summed E-state index contributed by atoms with van der Waals surface area (Å²) < 4.78 is 5.95. The lowest BCUT2D eigenvalue weighted by Crippen LogP contribution is -2.46. The first-order chi connectivity index (χ1) is 14.2. The minimum absolute atomic E-state index is 0.401. The molecule has 8 nitrogen and oxygen atoms in total. The predicted molar refractivity (Wildman–Crippen MR) is 113 cm³/mol. The van der Waals surface area contributed by atoms with E-state index in [9.17, 15) is 0 Å². The number of nitrogens with one attached hydrogen (secondary N) is 1. The maximum Gasteiger partial charge on any atom is 0.268 e. The molecule has 2 aromatic heterocycles. The van der Waals surface area contributed by atoms with Gasteiger partial charge in [0.05, 0.1) is 11.9 Å². The molecule has 1 aliphatic heterocycles. The van der Waals surface area contributed by atoms with Gasteiger partial charge < -0.3 is 19.5 Å². The summed E-state index contributed by atoms with van der Waals surface area (Å²) in [4.78, 5) is 14.0. The molecular weight excluding hydrogens is 366 g/mol. The molecule has 1 N–H and O–H groups in total. The molecule has 0 bridgehead atoms. The summed E-state index contributed by atoms with van der Waals surface area (Å²) >= 11 is 0. The molecule has 0 spiro atoms. The van der Waals surface area contributed by atoms with Crippen LogP contribution < -0.4 is 10.2 Å². The van der Waals surface area contributed by atoms with Gasteiger partial charge in [-0.05, 0) is 38.2 Å². The van der Waals surface area contributed by atoms with Gasteiger partial charge in [0, 0.05) is 38.3 Å². The summed E-state index contributed by atoms with van der Waals surface area (Å²) in [6.45, 7) is 9.98. The number of rotatable bonds is 6. The first-order valence-corrected chi connectivity index (χ1v) is 10.1.